The molecule has 2 N–H and O–H groups in total. The summed E-state index contributed by atoms with van der Waals surface area (Å²) in [5.74, 6) is 1.26. The van der Waals surface area contributed by atoms with E-state index in [2.05, 4.69) is 27.5 Å². The van der Waals surface area contributed by atoms with Crippen molar-refractivity contribution in [1.29, 1.82) is 0 Å². The normalized spacial score (nSPS) is 15.1. The average Bonchev–Trinajstić information content (AvgIpc) is 3.41. The molecule has 0 aromatic rings. The molecule has 0 saturated heterocycles. The lowest BCUT2D eigenvalue weighted by Crippen LogP contribution is -2.17. The Morgan fingerprint density at radius 2 is 1.26 bits per heavy atom. The molecular formula is C23H46N4. The van der Waals surface area contributed by atoms with Crippen LogP contribution in [0.1, 0.15) is 110 Å². The van der Waals surface area contributed by atoms with Gasteiger partial charge >= 0.3 is 0 Å². The monoisotopic (exact) mass is 378 g/mol. The Labute approximate surface area is 169 Å². The quantitative estimate of drug-likeness (QED) is 0.330. The molecule has 2 heterocycles. The molecule has 4 nitrogen and oxygen atoms in total. The molecule has 0 amide bonds. The fourth-order valence-electron chi connectivity index (χ4n) is 3.60. The van der Waals surface area contributed by atoms with Crippen molar-refractivity contribution in [3.8, 4) is 0 Å². The van der Waals surface area contributed by atoms with Crippen LogP contribution in [0.25, 0.3) is 0 Å². The van der Waals surface area contributed by atoms with Crippen LogP contribution in [0.5, 0.6) is 0 Å². The minimum atomic E-state index is 0.958. The van der Waals surface area contributed by atoms with E-state index in [9.17, 15) is 0 Å². The van der Waals surface area contributed by atoms with Gasteiger partial charge in [-0.15, -0.1) is 0 Å². The Bertz CT molecular complexity index is 359. The maximum atomic E-state index is 4.44. The fourth-order valence-corrected chi connectivity index (χ4v) is 3.60. The lowest BCUT2D eigenvalue weighted by Gasteiger charge is -2.04. The summed E-state index contributed by atoms with van der Waals surface area (Å²) in [6.45, 7) is 6.34. The number of hydrogen-bond acceptors (Lipinski definition) is 4. The molecule has 2 rings (SSSR count). The molecule has 0 spiro atoms. The zero-order chi connectivity index (χ0) is 19.3. The Morgan fingerprint density at radius 3 is 1.63 bits per heavy atom. The van der Waals surface area contributed by atoms with Gasteiger partial charge in [0.1, 0.15) is 0 Å². The molecule has 0 aliphatic carbocycles. The van der Waals surface area contributed by atoms with E-state index in [4.69, 9.17) is 0 Å². The molecule has 0 radical (unpaired) electrons. The van der Waals surface area contributed by atoms with E-state index in [-0.39, 0.29) is 0 Å². The first-order valence-electron chi connectivity index (χ1n) is 11.9. The van der Waals surface area contributed by atoms with Gasteiger partial charge in [-0.2, -0.15) is 0 Å². The highest BCUT2D eigenvalue weighted by Crippen LogP contribution is 2.13. The lowest BCUT2D eigenvalue weighted by molar-refractivity contribution is 0.533. The molecule has 2 aliphatic heterocycles. The predicted octanol–water partition coefficient (Wildman–Crippen LogP) is 5.87. The van der Waals surface area contributed by atoms with Crippen LogP contribution >= 0.6 is 0 Å². The van der Waals surface area contributed by atoms with Crippen LogP contribution in [-0.2, 0) is 0 Å². The minimum absolute atomic E-state index is 0.958. The van der Waals surface area contributed by atoms with Crippen molar-refractivity contribution >= 4 is 12.2 Å². The molecule has 2 aliphatic rings. The molecule has 0 unspecified atom stereocenters. The molecule has 0 aromatic heterocycles. The van der Waals surface area contributed by atoms with Crippen LogP contribution in [-0.4, -0.2) is 38.4 Å². The number of nitrogens with one attached hydrogen (secondary N) is 2. The van der Waals surface area contributed by atoms with Crippen LogP contribution in [0.2, 0.25) is 0 Å². The molecular weight excluding hydrogens is 332 g/mol. The van der Waals surface area contributed by atoms with Gasteiger partial charge in [-0.1, -0.05) is 96.8 Å². The number of amidine groups is 1. The van der Waals surface area contributed by atoms with Crippen molar-refractivity contribution < 1.29 is 0 Å². The second-order valence-electron chi connectivity index (χ2n) is 7.94. The second-order valence-corrected chi connectivity index (χ2v) is 7.94. The summed E-state index contributed by atoms with van der Waals surface area (Å²) in [5.41, 5.74) is 0. The fraction of sp³-hybridized carbons (Fsp3) is 0.913. The molecule has 0 saturated carbocycles. The first-order chi connectivity index (χ1) is 13.4. The molecule has 158 valence electrons. The zero-order valence-corrected chi connectivity index (χ0v) is 18.1. The highest BCUT2D eigenvalue weighted by molar-refractivity contribution is 5.83. The van der Waals surface area contributed by atoms with E-state index < -0.39 is 0 Å². The number of aliphatic imine (C=N–C) groups is 2. The number of unbranched alkanes of at least 4 members (excludes halogenated alkanes) is 14. The molecule has 0 atom stereocenters. The minimum Gasteiger partial charge on any atom is -0.375 e. The van der Waals surface area contributed by atoms with Crippen molar-refractivity contribution in [3.63, 3.8) is 0 Å². The molecule has 0 aromatic carbocycles. The highest BCUT2D eigenvalue weighted by atomic mass is 15.1. The first-order valence-corrected chi connectivity index (χ1v) is 11.9. The SMILES string of the molecule is C1=NCCN1.CCCCCCCCCCCCCCCCCC1=NCCN1. The van der Waals surface area contributed by atoms with Crippen molar-refractivity contribution in [2.24, 2.45) is 9.98 Å². The average molecular weight is 379 g/mol. The maximum absolute atomic E-state index is 4.44. The van der Waals surface area contributed by atoms with E-state index in [0.29, 0.717) is 0 Å². The van der Waals surface area contributed by atoms with Gasteiger partial charge in [0.2, 0.25) is 0 Å². The predicted molar refractivity (Wildman–Crippen MR) is 121 cm³/mol. The lowest BCUT2D eigenvalue weighted by atomic mass is 10.0. The summed E-state index contributed by atoms with van der Waals surface area (Å²) < 4.78 is 0. The van der Waals surface area contributed by atoms with Crippen molar-refractivity contribution in [2.75, 3.05) is 26.2 Å². The third-order valence-electron chi connectivity index (χ3n) is 5.33. The molecule has 27 heavy (non-hydrogen) atoms. The van der Waals surface area contributed by atoms with E-state index in [1.165, 1.54) is 109 Å². The largest absolute Gasteiger partial charge is 0.375 e. The van der Waals surface area contributed by atoms with Gasteiger partial charge in [-0.05, 0) is 6.42 Å². The van der Waals surface area contributed by atoms with Crippen LogP contribution < -0.4 is 10.6 Å². The van der Waals surface area contributed by atoms with Gasteiger partial charge in [0.25, 0.3) is 0 Å². The Hall–Kier alpha value is -1.06. The topological polar surface area (TPSA) is 48.8 Å². The second kappa shape index (κ2) is 19.7. The van der Waals surface area contributed by atoms with E-state index in [1.807, 2.05) is 0 Å². The third-order valence-corrected chi connectivity index (χ3v) is 5.33. The van der Waals surface area contributed by atoms with E-state index in [1.54, 1.807) is 6.34 Å². The van der Waals surface area contributed by atoms with E-state index in [0.717, 1.165) is 26.2 Å². The summed E-state index contributed by atoms with van der Waals surface area (Å²) in [5, 5.41) is 6.29. The Morgan fingerprint density at radius 1 is 0.704 bits per heavy atom. The van der Waals surface area contributed by atoms with Crippen LogP contribution in [0, 0.1) is 0 Å². The number of hydrogen-bond donors (Lipinski definition) is 2. The first kappa shape index (κ1) is 24.0. The molecule has 0 bridgehead atoms. The third kappa shape index (κ3) is 16.8. The van der Waals surface area contributed by atoms with Crippen molar-refractivity contribution in [1.82, 2.24) is 10.6 Å². The summed E-state index contributed by atoms with van der Waals surface area (Å²) >= 11 is 0. The Kier molecular flexibility index (Phi) is 17.5. The van der Waals surface area contributed by atoms with Crippen molar-refractivity contribution in [3.05, 3.63) is 0 Å². The van der Waals surface area contributed by atoms with Gasteiger partial charge in [0.15, 0.2) is 0 Å². The Balaban J connectivity index is 0.000000625. The van der Waals surface area contributed by atoms with Crippen LogP contribution in [0.3, 0.4) is 0 Å². The van der Waals surface area contributed by atoms with Gasteiger partial charge < -0.3 is 10.6 Å². The van der Waals surface area contributed by atoms with Gasteiger partial charge in [-0.25, -0.2) is 0 Å². The standard InChI is InChI=1S/C20H40N2.C3H6N2/c1-2-3-4-5-6-7-8-9-10-11-12-13-14-15-16-17-20-21-18-19-22-20;1-2-5-3-4-1/h2-19H2,1H3,(H,21,22);3H,1-2H2,(H,4,5). The van der Waals surface area contributed by atoms with Crippen LogP contribution in [0.4, 0.5) is 0 Å². The highest BCUT2D eigenvalue weighted by Gasteiger charge is 2.03. The van der Waals surface area contributed by atoms with Gasteiger partial charge in [0.05, 0.1) is 25.3 Å². The van der Waals surface area contributed by atoms with Crippen molar-refractivity contribution in [2.45, 2.75) is 110 Å². The van der Waals surface area contributed by atoms with Gasteiger partial charge in [0, 0.05) is 19.5 Å². The summed E-state index contributed by atoms with van der Waals surface area (Å²) in [7, 11) is 0. The van der Waals surface area contributed by atoms with E-state index >= 15 is 0 Å². The summed E-state index contributed by atoms with van der Waals surface area (Å²) in [6.07, 6.45) is 24.5. The van der Waals surface area contributed by atoms with Crippen LogP contribution in [0.15, 0.2) is 9.98 Å². The maximum Gasteiger partial charge on any atom is 0.0964 e. The smallest absolute Gasteiger partial charge is 0.0964 e. The number of nitrogens with zero attached hydrogens (tertiary/aromatic N) is 2. The molecule has 4 heteroatoms. The van der Waals surface area contributed by atoms with Gasteiger partial charge in [-0.3, -0.25) is 9.98 Å². The summed E-state index contributed by atoms with van der Waals surface area (Å²) in [6, 6.07) is 0. The zero-order valence-electron chi connectivity index (χ0n) is 18.1. The number of rotatable bonds is 16. The molecule has 0 fully saturated rings. The summed E-state index contributed by atoms with van der Waals surface area (Å²) in [4.78, 5) is 8.29.